The van der Waals surface area contributed by atoms with E-state index in [0.29, 0.717) is 5.76 Å². The van der Waals surface area contributed by atoms with Crippen LogP contribution in [-0.4, -0.2) is 5.91 Å². The molecule has 0 spiro atoms. The van der Waals surface area contributed by atoms with E-state index in [1.165, 1.54) is 12.3 Å². The SMILES string of the molecule is N#C/C(=C/Nc1c(F)cccc1F)C(=O)NCc1ccco1. The highest BCUT2D eigenvalue weighted by molar-refractivity contribution is 5.97. The molecular weight excluding hydrogens is 292 g/mol. The van der Waals surface area contributed by atoms with Gasteiger partial charge in [0, 0.05) is 6.20 Å². The second kappa shape index (κ2) is 7.04. The van der Waals surface area contributed by atoms with E-state index in [9.17, 15) is 13.6 Å². The van der Waals surface area contributed by atoms with Gasteiger partial charge >= 0.3 is 0 Å². The maximum Gasteiger partial charge on any atom is 0.263 e. The molecule has 2 N–H and O–H groups in total. The molecule has 0 fully saturated rings. The zero-order chi connectivity index (χ0) is 15.9. The summed E-state index contributed by atoms with van der Waals surface area (Å²) in [6.45, 7) is 0.0961. The van der Waals surface area contributed by atoms with Gasteiger partial charge in [-0.3, -0.25) is 4.79 Å². The minimum absolute atomic E-state index is 0.0961. The van der Waals surface area contributed by atoms with Gasteiger partial charge in [0.05, 0.1) is 12.8 Å². The Morgan fingerprint density at radius 3 is 2.59 bits per heavy atom. The van der Waals surface area contributed by atoms with Crippen molar-refractivity contribution in [3.05, 3.63) is 65.8 Å². The average molecular weight is 303 g/mol. The topological polar surface area (TPSA) is 78.1 Å². The number of carbonyl (C=O) groups is 1. The molecule has 0 aliphatic carbocycles. The van der Waals surface area contributed by atoms with Crippen molar-refractivity contribution in [1.82, 2.24) is 5.32 Å². The number of nitrogens with one attached hydrogen (secondary N) is 2. The van der Waals surface area contributed by atoms with E-state index in [-0.39, 0.29) is 12.1 Å². The molecule has 0 saturated carbocycles. The van der Waals surface area contributed by atoms with Gasteiger partial charge in [0.1, 0.15) is 34.7 Å². The second-order valence-corrected chi connectivity index (χ2v) is 4.17. The van der Waals surface area contributed by atoms with E-state index in [0.717, 1.165) is 18.3 Å². The molecule has 0 unspecified atom stereocenters. The van der Waals surface area contributed by atoms with Gasteiger partial charge in [-0.25, -0.2) is 8.78 Å². The van der Waals surface area contributed by atoms with Crippen LogP contribution in [0.3, 0.4) is 0 Å². The van der Waals surface area contributed by atoms with Crippen molar-refractivity contribution < 1.29 is 18.0 Å². The first kappa shape index (κ1) is 15.3. The summed E-state index contributed by atoms with van der Waals surface area (Å²) >= 11 is 0. The minimum atomic E-state index is -0.829. The van der Waals surface area contributed by atoms with Gasteiger partial charge in [0.2, 0.25) is 0 Å². The normalized spacial score (nSPS) is 10.9. The van der Waals surface area contributed by atoms with Crippen LogP contribution in [0.4, 0.5) is 14.5 Å². The minimum Gasteiger partial charge on any atom is -0.467 e. The summed E-state index contributed by atoms with van der Waals surface area (Å²) in [4.78, 5) is 11.8. The Bertz CT molecular complexity index is 713. The molecule has 2 aromatic rings. The zero-order valence-electron chi connectivity index (χ0n) is 11.3. The van der Waals surface area contributed by atoms with Crippen LogP contribution in [0.1, 0.15) is 5.76 Å². The maximum atomic E-state index is 13.4. The predicted octanol–water partition coefficient (Wildman–Crippen LogP) is 2.69. The number of hydrogen-bond acceptors (Lipinski definition) is 4. The average Bonchev–Trinajstić information content (AvgIpc) is 3.01. The van der Waals surface area contributed by atoms with Crippen LogP contribution in [0.25, 0.3) is 0 Å². The fourth-order valence-corrected chi connectivity index (χ4v) is 1.60. The molecule has 0 aliphatic rings. The van der Waals surface area contributed by atoms with Crippen LogP contribution < -0.4 is 10.6 Å². The van der Waals surface area contributed by atoms with Gasteiger partial charge in [-0.05, 0) is 24.3 Å². The number of anilines is 1. The highest BCUT2D eigenvalue weighted by atomic mass is 19.1. The fraction of sp³-hybridized carbons (Fsp3) is 0.0667. The smallest absolute Gasteiger partial charge is 0.263 e. The van der Waals surface area contributed by atoms with Crippen LogP contribution in [0.5, 0.6) is 0 Å². The molecule has 112 valence electrons. The molecular formula is C15H11F2N3O2. The predicted molar refractivity (Wildman–Crippen MR) is 74.2 cm³/mol. The highest BCUT2D eigenvalue weighted by Crippen LogP contribution is 2.18. The van der Waals surface area contributed by atoms with E-state index in [1.807, 2.05) is 0 Å². The van der Waals surface area contributed by atoms with Gasteiger partial charge < -0.3 is 15.1 Å². The molecule has 1 amide bonds. The summed E-state index contributed by atoms with van der Waals surface area (Å²) in [6.07, 6.45) is 2.39. The number of benzene rings is 1. The van der Waals surface area contributed by atoms with Gasteiger partial charge in [-0.2, -0.15) is 5.26 Å². The largest absolute Gasteiger partial charge is 0.467 e. The summed E-state index contributed by atoms with van der Waals surface area (Å²) in [7, 11) is 0. The van der Waals surface area contributed by atoms with Gasteiger partial charge in [-0.15, -0.1) is 0 Å². The summed E-state index contributed by atoms with van der Waals surface area (Å²) in [5.74, 6) is -1.84. The zero-order valence-corrected chi connectivity index (χ0v) is 11.3. The van der Waals surface area contributed by atoms with Gasteiger partial charge in [0.15, 0.2) is 0 Å². The maximum absolute atomic E-state index is 13.4. The molecule has 1 heterocycles. The van der Waals surface area contributed by atoms with Crippen LogP contribution in [0.2, 0.25) is 0 Å². The summed E-state index contributed by atoms with van der Waals surface area (Å²) in [6, 6.07) is 8.29. The van der Waals surface area contributed by atoms with Gasteiger partial charge in [-0.1, -0.05) is 6.07 Å². The standard InChI is InChI=1S/C15H11F2N3O2/c16-12-4-1-5-13(17)14(12)19-8-10(7-18)15(21)20-9-11-3-2-6-22-11/h1-6,8,19H,9H2,(H,20,21)/b10-8-. The molecule has 2 rings (SSSR count). The van der Waals surface area contributed by atoms with E-state index >= 15 is 0 Å². The van der Waals surface area contributed by atoms with E-state index < -0.39 is 23.2 Å². The Balaban J connectivity index is 2.04. The van der Waals surface area contributed by atoms with Crippen molar-refractivity contribution in [3.63, 3.8) is 0 Å². The van der Waals surface area contributed by atoms with Crippen molar-refractivity contribution in [2.24, 2.45) is 0 Å². The first-order chi connectivity index (χ1) is 10.6. The fourth-order valence-electron chi connectivity index (χ4n) is 1.60. The Labute approximate surface area is 124 Å². The summed E-state index contributed by atoms with van der Waals surface area (Å²) < 4.78 is 31.9. The Morgan fingerprint density at radius 2 is 2.00 bits per heavy atom. The lowest BCUT2D eigenvalue weighted by atomic mass is 10.2. The van der Waals surface area contributed by atoms with Gasteiger partial charge in [0.25, 0.3) is 5.91 Å². The number of furan rings is 1. The van der Waals surface area contributed by atoms with E-state index in [1.54, 1.807) is 18.2 Å². The lowest BCUT2D eigenvalue weighted by Gasteiger charge is -2.05. The number of nitrogens with zero attached hydrogens (tertiary/aromatic N) is 1. The third-order valence-electron chi connectivity index (χ3n) is 2.69. The second-order valence-electron chi connectivity index (χ2n) is 4.17. The molecule has 1 aromatic heterocycles. The van der Waals surface area contributed by atoms with Crippen molar-refractivity contribution in [1.29, 1.82) is 5.26 Å². The van der Waals surface area contributed by atoms with Crippen molar-refractivity contribution in [2.45, 2.75) is 6.54 Å². The molecule has 0 aliphatic heterocycles. The molecule has 7 heteroatoms. The highest BCUT2D eigenvalue weighted by Gasteiger charge is 2.11. The molecule has 0 atom stereocenters. The molecule has 22 heavy (non-hydrogen) atoms. The quantitative estimate of drug-likeness (QED) is 0.657. The van der Waals surface area contributed by atoms with Crippen LogP contribution in [0, 0.1) is 23.0 Å². The van der Waals surface area contributed by atoms with Crippen molar-refractivity contribution >= 4 is 11.6 Å². The third-order valence-corrected chi connectivity index (χ3v) is 2.69. The summed E-state index contributed by atoms with van der Waals surface area (Å²) in [5, 5.41) is 13.7. The monoisotopic (exact) mass is 303 g/mol. The Kier molecular flexibility index (Phi) is 4.88. The third kappa shape index (κ3) is 3.70. The number of carbonyl (C=O) groups excluding carboxylic acids is 1. The molecule has 0 radical (unpaired) electrons. The lowest BCUT2D eigenvalue weighted by molar-refractivity contribution is -0.117. The van der Waals surface area contributed by atoms with Crippen LogP contribution in [0.15, 0.2) is 52.8 Å². The van der Waals surface area contributed by atoms with Crippen molar-refractivity contribution in [2.75, 3.05) is 5.32 Å². The van der Waals surface area contributed by atoms with Crippen molar-refractivity contribution in [3.8, 4) is 6.07 Å². The Hall–Kier alpha value is -3.14. The van der Waals surface area contributed by atoms with Crippen LogP contribution >= 0.6 is 0 Å². The number of hydrogen-bond donors (Lipinski definition) is 2. The molecule has 5 nitrogen and oxygen atoms in total. The Morgan fingerprint density at radius 1 is 1.27 bits per heavy atom. The molecule has 1 aromatic carbocycles. The number of para-hydroxylation sites is 1. The van der Waals surface area contributed by atoms with E-state index in [2.05, 4.69) is 10.6 Å². The first-order valence-electron chi connectivity index (χ1n) is 6.23. The van der Waals surface area contributed by atoms with E-state index in [4.69, 9.17) is 9.68 Å². The number of rotatable bonds is 5. The number of nitriles is 1. The molecule has 0 saturated heterocycles. The number of amides is 1. The lowest BCUT2D eigenvalue weighted by Crippen LogP contribution is -2.24. The van der Waals surface area contributed by atoms with Crippen LogP contribution in [-0.2, 0) is 11.3 Å². The summed E-state index contributed by atoms with van der Waals surface area (Å²) in [5.41, 5.74) is -0.761. The number of halogens is 2. The first-order valence-corrected chi connectivity index (χ1v) is 6.23. The molecule has 0 bridgehead atoms.